The molecule has 0 N–H and O–H groups in total. The molecule has 9 rings (SSSR count). The number of nitrogens with zero attached hydrogens (tertiary/aromatic N) is 3. The van der Waals surface area contributed by atoms with Crippen LogP contribution in [0.25, 0.3) is 82.4 Å². The fraction of sp³-hybridized carbons (Fsp3) is 0. The zero-order valence-corrected chi connectivity index (χ0v) is 26.4. The van der Waals surface area contributed by atoms with Crippen molar-refractivity contribution < 1.29 is 0 Å². The first kappa shape index (κ1) is 28.3. The molecule has 0 atom stereocenters. The average molecular weight is 622 g/mol. The Bertz CT molecular complexity index is 2790. The number of aromatic nitrogens is 1. The molecule has 1 aromatic heterocycles. The molecule has 226 valence electrons. The first-order valence-electron chi connectivity index (χ1n) is 16.3. The molecule has 3 nitrogen and oxygen atoms in total. The lowest BCUT2D eigenvalue weighted by molar-refractivity contribution is 1.18. The van der Waals surface area contributed by atoms with Crippen LogP contribution in [0.4, 0.5) is 0 Å². The van der Waals surface area contributed by atoms with Crippen LogP contribution < -0.4 is 0 Å². The second-order valence-corrected chi connectivity index (χ2v) is 12.3. The Hall–Kier alpha value is -6.94. The lowest BCUT2D eigenvalue weighted by atomic mass is 9.85. The molecule has 9 aromatic rings. The van der Waals surface area contributed by atoms with Crippen LogP contribution in [0.1, 0.15) is 11.1 Å². The summed E-state index contributed by atoms with van der Waals surface area (Å²) in [6.45, 7) is 0. The highest BCUT2D eigenvalue weighted by atomic mass is 15.0. The smallest absolute Gasteiger partial charge is 0.0998 e. The van der Waals surface area contributed by atoms with Gasteiger partial charge in [-0.2, -0.15) is 10.5 Å². The summed E-state index contributed by atoms with van der Waals surface area (Å²) in [4.78, 5) is 0. The highest BCUT2D eigenvalue weighted by molar-refractivity contribution is 6.21. The molecule has 0 saturated carbocycles. The second-order valence-electron chi connectivity index (χ2n) is 12.3. The van der Waals surface area contributed by atoms with E-state index in [9.17, 15) is 10.5 Å². The normalized spacial score (nSPS) is 11.2. The molecule has 0 bridgehead atoms. The molecule has 0 aliphatic heterocycles. The number of nitriles is 2. The van der Waals surface area contributed by atoms with Gasteiger partial charge in [0.1, 0.15) is 0 Å². The summed E-state index contributed by atoms with van der Waals surface area (Å²) in [7, 11) is 0. The standard InChI is InChI=1S/C46H27N3/c47-28-30-22-25-44-41(26-30)36-15-9-11-21-43(36)49(44)42-20-10-8-14-35(42)34-24-23-32(27-33(34)29-48)46-39-18-6-4-16-37(39)45(31-12-2-1-3-13-31)38-17-5-7-19-40(38)46/h1-27H. The second kappa shape index (κ2) is 11.4. The van der Waals surface area contributed by atoms with E-state index in [1.807, 2.05) is 48.5 Å². The maximum absolute atomic E-state index is 10.7. The van der Waals surface area contributed by atoms with Crippen molar-refractivity contribution in [2.45, 2.75) is 0 Å². The van der Waals surface area contributed by atoms with Gasteiger partial charge in [-0.05, 0) is 80.2 Å². The van der Waals surface area contributed by atoms with Crippen molar-refractivity contribution in [3.05, 3.63) is 175 Å². The molecule has 0 aliphatic rings. The molecule has 0 unspecified atom stereocenters. The summed E-state index contributed by atoms with van der Waals surface area (Å²) in [5.74, 6) is 0. The number of fused-ring (bicyclic) bond motifs is 5. The van der Waals surface area contributed by atoms with Crippen LogP contribution in [0.15, 0.2) is 164 Å². The van der Waals surface area contributed by atoms with Gasteiger partial charge in [0, 0.05) is 21.9 Å². The molecule has 0 fully saturated rings. The molecule has 0 spiro atoms. The monoisotopic (exact) mass is 621 g/mol. The van der Waals surface area contributed by atoms with Gasteiger partial charge in [0.15, 0.2) is 0 Å². The van der Waals surface area contributed by atoms with E-state index in [1.54, 1.807) is 0 Å². The van der Waals surface area contributed by atoms with Gasteiger partial charge in [-0.3, -0.25) is 0 Å². The maximum atomic E-state index is 10.7. The van der Waals surface area contributed by atoms with E-state index >= 15 is 0 Å². The van der Waals surface area contributed by atoms with E-state index in [0.717, 1.165) is 60.5 Å². The van der Waals surface area contributed by atoms with E-state index in [2.05, 4.69) is 132 Å². The van der Waals surface area contributed by atoms with E-state index in [4.69, 9.17) is 0 Å². The van der Waals surface area contributed by atoms with Gasteiger partial charge < -0.3 is 4.57 Å². The highest BCUT2D eigenvalue weighted by Gasteiger charge is 2.20. The first-order chi connectivity index (χ1) is 24.2. The van der Waals surface area contributed by atoms with Crippen LogP contribution >= 0.6 is 0 Å². The Balaban J connectivity index is 1.28. The molecular formula is C46H27N3. The van der Waals surface area contributed by atoms with Crippen molar-refractivity contribution in [3.63, 3.8) is 0 Å². The number of hydrogen-bond acceptors (Lipinski definition) is 2. The molecule has 49 heavy (non-hydrogen) atoms. The van der Waals surface area contributed by atoms with Crippen molar-refractivity contribution in [1.82, 2.24) is 4.57 Å². The predicted octanol–water partition coefficient (Wildman–Crippen LogP) is 11.8. The maximum Gasteiger partial charge on any atom is 0.0998 e. The van der Waals surface area contributed by atoms with Crippen LogP contribution in [0.5, 0.6) is 0 Å². The number of benzene rings is 8. The van der Waals surface area contributed by atoms with Crippen LogP contribution in [0, 0.1) is 22.7 Å². The zero-order chi connectivity index (χ0) is 32.9. The molecule has 0 saturated heterocycles. The zero-order valence-electron chi connectivity index (χ0n) is 26.4. The van der Waals surface area contributed by atoms with Crippen LogP contribution in [-0.2, 0) is 0 Å². The molecule has 1 heterocycles. The SMILES string of the molecule is N#Cc1ccc2c(c1)c1ccccc1n2-c1ccccc1-c1ccc(-c2c3ccccc3c(-c3ccccc3)c3ccccc23)cc1C#N. The summed E-state index contributed by atoms with van der Waals surface area (Å²) in [5.41, 5.74) is 10.6. The molecule has 0 amide bonds. The number of para-hydroxylation sites is 2. The summed E-state index contributed by atoms with van der Waals surface area (Å²) < 4.78 is 2.25. The number of hydrogen-bond donors (Lipinski definition) is 0. The van der Waals surface area contributed by atoms with Gasteiger partial charge in [-0.15, -0.1) is 0 Å². The van der Waals surface area contributed by atoms with Gasteiger partial charge in [-0.25, -0.2) is 0 Å². The average Bonchev–Trinajstić information content (AvgIpc) is 3.50. The molecule has 0 aliphatic carbocycles. The molecular weight excluding hydrogens is 595 g/mol. The van der Waals surface area contributed by atoms with Crippen LogP contribution in [-0.4, -0.2) is 4.57 Å². The fourth-order valence-corrected chi connectivity index (χ4v) is 7.58. The van der Waals surface area contributed by atoms with Crippen molar-refractivity contribution in [3.8, 4) is 51.2 Å². The molecule has 0 radical (unpaired) electrons. The number of rotatable bonds is 4. The highest BCUT2D eigenvalue weighted by Crippen LogP contribution is 2.45. The van der Waals surface area contributed by atoms with E-state index in [-0.39, 0.29) is 0 Å². The van der Waals surface area contributed by atoms with Gasteiger partial charge in [-0.1, -0.05) is 127 Å². The van der Waals surface area contributed by atoms with Gasteiger partial charge >= 0.3 is 0 Å². The Labute approximate surface area is 283 Å². The Morgan fingerprint density at radius 3 is 1.63 bits per heavy atom. The third kappa shape index (κ3) is 4.42. The van der Waals surface area contributed by atoms with E-state index < -0.39 is 0 Å². The Kier molecular flexibility index (Phi) is 6.58. The summed E-state index contributed by atoms with van der Waals surface area (Å²) >= 11 is 0. The third-order valence-corrected chi connectivity index (χ3v) is 9.66. The summed E-state index contributed by atoms with van der Waals surface area (Å²) in [5, 5.41) is 27.1. The predicted molar refractivity (Wildman–Crippen MR) is 202 cm³/mol. The lowest BCUT2D eigenvalue weighted by Crippen LogP contribution is -1.98. The van der Waals surface area contributed by atoms with Crippen molar-refractivity contribution >= 4 is 43.4 Å². The van der Waals surface area contributed by atoms with Crippen molar-refractivity contribution in [1.29, 1.82) is 10.5 Å². The first-order valence-corrected chi connectivity index (χ1v) is 16.3. The Morgan fingerprint density at radius 1 is 0.388 bits per heavy atom. The minimum Gasteiger partial charge on any atom is -0.309 e. The fourth-order valence-electron chi connectivity index (χ4n) is 7.58. The topological polar surface area (TPSA) is 52.5 Å². The largest absolute Gasteiger partial charge is 0.309 e. The summed E-state index contributed by atoms with van der Waals surface area (Å²) in [6, 6.07) is 61.3. The molecule has 8 aromatic carbocycles. The quantitative estimate of drug-likeness (QED) is 0.184. The minimum absolute atomic E-state index is 0.609. The van der Waals surface area contributed by atoms with E-state index in [0.29, 0.717) is 11.1 Å². The van der Waals surface area contributed by atoms with Crippen molar-refractivity contribution in [2.24, 2.45) is 0 Å². The lowest BCUT2D eigenvalue weighted by Gasteiger charge is -2.19. The van der Waals surface area contributed by atoms with E-state index in [1.165, 1.54) is 21.9 Å². The molecule has 3 heteroatoms. The Morgan fingerprint density at radius 2 is 0.959 bits per heavy atom. The third-order valence-electron chi connectivity index (χ3n) is 9.66. The minimum atomic E-state index is 0.609. The summed E-state index contributed by atoms with van der Waals surface area (Å²) in [6.07, 6.45) is 0. The van der Waals surface area contributed by atoms with Gasteiger partial charge in [0.05, 0.1) is 40.0 Å². The van der Waals surface area contributed by atoms with Crippen LogP contribution in [0.3, 0.4) is 0 Å². The van der Waals surface area contributed by atoms with Gasteiger partial charge in [0.25, 0.3) is 0 Å². The van der Waals surface area contributed by atoms with Gasteiger partial charge in [0.2, 0.25) is 0 Å². The van der Waals surface area contributed by atoms with Crippen molar-refractivity contribution in [2.75, 3.05) is 0 Å². The van der Waals surface area contributed by atoms with Crippen LogP contribution in [0.2, 0.25) is 0 Å².